The molecule has 0 aliphatic carbocycles. The zero-order valence-electron chi connectivity index (χ0n) is 7.06. The second-order valence-corrected chi connectivity index (χ2v) is 3.45. The van der Waals surface area contributed by atoms with Gasteiger partial charge < -0.3 is 0 Å². The molecule has 0 unspecified atom stereocenters. The lowest BCUT2D eigenvalue weighted by molar-refractivity contribution is 0.111. The van der Waals surface area contributed by atoms with E-state index in [9.17, 15) is 4.79 Å². The normalized spacial score (nSPS) is 10.1. The highest BCUT2D eigenvalue weighted by atomic mass is 32.2. The van der Waals surface area contributed by atoms with Gasteiger partial charge in [0.1, 0.15) is 5.69 Å². The smallest absolute Gasteiger partial charge is 0.170 e. The number of nitrogens with zero attached hydrogens (tertiary/aromatic N) is 2. The van der Waals surface area contributed by atoms with E-state index in [-0.39, 0.29) is 0 Å². The van der Waals surface area contributed by atoms with E-state index in [1.807, 2.05) is 18.0 Å². The molecule has 0 atom stereocenters. The van der Waals surface area contributed by atoms with Crippen LogP contribution in [0.1, 0.15) is 16.9 Å². The molecule has 1 aromatic heterocycles. The number of aromatic nitrogens is 2. The molecule has 0 radical (unpaired) electrons. The van der Waals surface area contributed by atoms with Crippen LogP contribution >= 0.6 is 11.8 Å². The average molecular weight is 184 g/mol. The Morgan fingerprint density at radius 2 is 2.58 bits per heavy atom. The monoisotopic (exact) mass is 184 g/mol. The molecule has 1 rings (SSSR count). The van der Waals surface area contributed by atoms with Gasteiger partial charge in [0.15, 0.2) is 6.29 Å². The summed E-state index contributed by atoms with van der Waals surface area (Å²) in [5, 5.41) is 4.04. The van der Waals surface area contributed by atoms with Crippen LogP contribution in [-0.4, -0.2) is 28.1 Å². The summed E-state index contributed by atoms with van der Waals surface area (Å²) in [6.45, 7) is 0.898. The molecule has 0 saturated heterocycles. The molecule has 0 aromatic carbocycles. The van der Waals surface area contributed by atoms with Gasteiger partial charge in [0.25, 0.3) is 0 Å². The number of aryl methyl sites for hydroxylation is 1. The molecule has 0 aliphatic rings. The summed E-state index contributed by atoms with van der Waals surface area (Å²) < 4.78 is 1.81. The number of aldehydes is 1. The van der Waals surface area contributed by atoms with Crippen molar-refractivity contribution in [3.8, 4) is 0 Å². The van der Waals surface area contributed by atoms with Crippen LogP contribution in [0.3, 0.4) is 0 Å². The van der Waals surface area contributed by atoms with Gasteiger partial charge in [0, 0.05) is 12.7 Å². The zero-order chi connectivity index (χ0) is 8.81. The first-order valence-electron chi connectivity index (χ1n) is 3.84. The van der Waals surface area contributed by atoms with Gasteiger partial charge in [0.05, 0.1) is 0 Å². The third kappa shape index (κ3) is 2.70. The van der Waals surface area contributed by atoms with E-state index in [1.165, 1.54) is 0 Å². The summed E-state index contributed by atoms with van der Waals surface area (Å²) in [5.74, 6) is 1.14. The zero-order valence-corrected chi connectivity index (χ0v) is 7.88. The lowest BCUT2D eigenvalue weighted by Crippen LogP contribution is -2.00. The van der Waals surface area contributed by atoms with Crippen LogP contribution < -0.4 is 0 Å². The SMILES string of the molecule is CSCCCn1ccc(C=O)n1. The molecular weight excluding hydrogens is 172 g/mol. The molecule has 0 aliphatic heterocycles. The average Bonchev–Trinajstić information content (AvgIpc) is 2.53. The number of thioether (sulfide) groups is 1. The van der Waals surface area contributed by atoms with Gasteiger partial charge in [-0.2, -0.15) is 16.9 Å². The van der Waals surface area contributed by atoms with Crippen LogP contribution in [0.5, 0.6) is 0 Å². The van der Waals surface area contributed by atoms with Crippen molar-refractivity contribution in [3.63, 3.8) is 0 Å². The van der Waals surface area contributed by atoms with Gasteiger partial charge in [-0.05, 0) is 24.5 Å². The molecule has 4 heteroatoms. The van der Waals surface area contributed by atoms with E-state index in [2.05, 4.69) is 11.4 Å². The number of hydrogen-bond donors (Lipinski definition) is 0. The van der Waals surface area contributed by atoms with Crippen molar-refractivity contribution in [1.29, 1.82) is 0 Å². The van der Waals surface area contributed by atoms with E-state index < -0.39 is 0 Å². The highest BCUT2D eigenvalue weighted by Gasteiger charge is 1.95. The molecule has 3 nitrogen and oxygen atoms in total. The summed E-state index contributed by atoms with van der Waals surface area (Å²) in [6.07, 6.45) is 5.79. The summed E-state index contributed by atoms with van der Waals surface area (Å²) in [6, 6.07) is 1.73. The predicted octanol–water partition coefficient (Wildman–Crippen LogP) is 1.45. The first kappa shape index (κ1) is 9.32. The maximum atomic E-state index is 10.3. The maximum Gasteiger partial charge on any atom is 0.170 e. The topological polar surface area (TPSA) is 34.9 Å². The van der Waals surface area contributed by atoms with Crippen LogP contribution in [-0.2, 0) is 6.54 Å². The van der Waals surface area contributed by atoms with E-state index in [4.69, 9.17) is 0 Å². The second kappa shape index (κ2) is 4.98. The third-order valence-electron chi connectivity index (χ3n) is 1.52. The molecule has 1 heterocycles. The lowest BCUT2D eigenvalue weighted by atomic mass is 10.5. The lowest BCUT2D eigenvalue weighted by Gasteiger charge is -1.98. The van der Waals surface area contributed by atoms with E-state index >= 15 is 0 Å². The van der Waals surface area contributed by atoms with Gasteiger partial charge in [-0.1, -0.05) is 0 Å². The third-order valence-corrected chi connectivity index (χ3v) is 2.21. The summed E-state index contributed by atoms with van der Waals surface area (Å²) in [7, 11) is 0. The summed E-state index contributed by atoms with van der Waals surface area (Å²) in [5.41, 5.74) is 0.513. The van der Waals surface area contributed by atoms with E-state index in [0.29, 0.717) is 5.69 Å². The molecule has 66 valence electrons. The number of carbonyl (C=O) groups is 1. The van der Waals surface area contributed by atoms with Crippen molar-refractivity contribution in [1.82, 2.24) is 9.78 Å². The van der Waals surface area contributed by atoms with Crippen molar-refractivity contribution in [2.75, 3.05) is 12.0 Å². The van der Waals surface area contributed by atoms with Crippen LogP contribution in [0.4, 0.5) is 0 Å². The number of carbonyl (C=O) groups excluding carboxylic acids is 1. The van der Waals surface area contributed by atoms with Crippen LogP contribution in [0.2, 0.25) is 0 Å². The molecule has 0 amide bonds. The Balaban J connectivity index is 2.36. The minimum atomic E-state index is 0.513. The maximum absolute atomic E-state index is 10.3. The van der Waals surface area contributed by atoms with Crippen LogP contribution in [0.25, 0.3) is 0 Å². The fraction of sp³-hybridized carbons (Fsp3) is 0.500. The van der Waals surface area contributed by atoms with E-state index in [1.54, 1.807) is 10.7 Å². The number of rotatable bonds is 5. The molecule has 1 aromatic rings. The van der Waals surface area contributed by atoms with E-state index in [0.717, 1.165) is 25.0 Å². The molecule has 12 heavy (non-hydrogen) atoms. The molecule has 0 fully saturated rings. The van der Waals surface area contributed by atoms with Crippen molar-refractivity contribution in [3.05, 3.63) is 18.0 Å². The first-order chi connectivity index (χ1) is 5.86. The Kier molecular flexibility index (Phi) is 3.87. The highest BCUT2D eigenvalue weighted by molar-refractivity contribution is 7.98. The van der Waals surface area contributed by atoms with Crippen molar-refractivity contribution >= 4 is 18.0 Å². The Bertz CT molecular complexity index is 247. The van der Waals surface area contributed by atoms with Crippen molar-refractivity contribution < 1.29 is 4.79 Å². The van der Waals surface area contributed by atoms with Crippen LogP contribution in [0, 0.1) is 0 Å². The van der Waals surface area contributed by atoms with Gasteiger partial charge >= 0.3 is 0 Å². The molecule has 0 N–H and O–H groups in total. The summed E-state index contributed by atoms with van der Waals surface area (Å²) >= 11 is 1.82. The molecule has 0 saturated carbocycles. The summed E-state index contributed by atoms with van der Waals surface area (Å²) in [4.78, 5) is 10.3. The number of hydrogen-bond acceptors (Lipinski definition) is 3. The quantitative estimate of drug-likeness (QED) is 0.513. The standard InChI is InChI=1S/C8H12N2OS/c1-12-6-2-4-10-5-3-8(7-11)9-10/h3,5,7H,2,4,6H2,1H3. The van der Waals surface area contributed by atoms with Crippen LogP contribution in [0.15, 0.2) is 12.3 Å². The van der Waals surface area contributed by atoms with Crippen molar-refractivity contribution in [2.24, 2.45) is 0 Å². The Morgan fingerprint density at radius 1 is 1.75 bits per heavy atom. The largest absolute Gasteiger partial charge is 0.296 e. The molecule has 0 bridgehead atoms. The Labute approximate surface area is 76.1 Å². The minimum Gasteiger partial charge on any atom is -0.296 e. The van der Waals surface area contributed by atoms with Gasteiger partial charge in [-0.25, -0.2) is 0 Å². The highest BCUT2D eigenvalue weighted by Crippen LogP contribution is 1.99. The molecular formula is C8H12N2OS. The van der Waals surface area contributed by atoms with Crippen molar-refractivity contribution in [2.45, 2.75) is 13.0 Å². The van der Waals surface area contributed by atoms with Gasteiger partial charge in [-0.15, -0.1) is 0 Å². The second-order valence-electron chi connectivity index (χ2n) is 2.47. The Hall–Kier alpha value is -0.770. The molecule has 0 spiro atoms. The fourth-order valence-electron chi connectivity index (χ4n) is 0.936. The predicted molar refractivity (Wildman–Crippen MR) is 50.6 cm³/mol. The van der Waals surface area contributed by atoms with Gasteiger partial charge in [-0.3, -0.25) is 9.48 Å². The van der Waals surface area contributed by atoms with Gasteiger partial charge in [0.2, 0.25) is 0 Å². The fourth-order valence-corrected chi connectivity index (χ4v) is 1.35. The first-order valence-corrected chi connectivity index (χ1v) is 5.24. The Morgan fingerprint density at radius 3 is 3.17 bits per heavy atom. The minimum absolute atomic E-state index is 0.513.